The lowest BCUT2D eigenvalue weighted by Crippen LogP contribution is -2.28. The Kier molecular flexibility index (Phi) is 5.71. The molecule has 1 atom stereocenters. The second-order valence-corrected chi connectivity index (χ2v) is 4.38. The average molecular weight is 277 g/mol. The number of nitrogens with two attached hydrogens (primary N) is 1. The van der Waals surface area contributed by atoms with E-state index in [1.165, 1.54) is 7.11 Å². The van der Waals surface area contributed by atoms with Crippen molar-refractivity contribution >= 4 is 34.8 Å². The van der Waals surface area contributed by atoms with Gasteiger partial charge in [0.25, 0.3) is 0 Å². The number of halogens is 2. The smallest absolute Gasteiger partial charge is 0.227 e. The van der Waals surface area contributed by atoms with Crippen molar-refractivity contribution in [1.82, 2.24) is 0 Å². The van der Waals surface area contributed by atoms with Gasteiger partial charge in [-0.3, -0.25) is 4.79 Å². The van der Waals surface area contributed by atoms with E-state index in [2.05, 4.69) is 5.32 Å². The minimum atomic E-state index is -0.287. The molecule has 1 aromatic carbocycles. The summed E-state index contributed by atoms with van der Waals surface area (Å²) in [6.07, 6.45) is -0.0958. The van der Waals surface area contributed by atoms with Crippen LogP contribution in [0.3, 0.4) is 0 Å². The van der Waals surface area contributed by atoms with Crippen LogP contribution in [0.5, 0.6) is 0 Å². The molecular weight excluding hydrogens is 263 g/mol. The Balaban J connectivity index is 2.61. The van der Waals surface area contributed by atoms with E-state index >= 15 is 0 Å². The predicted molar refractivity (Wildman–Crippen MR) is 69.6 cm³/mol. The Hall–Kier alpha value is -0.810. The van der Waals surface area contributed by atoms with E-state index in [0.717, 1.165) is 0 Å². The van der Waals surface area contributed by atoms with Gasteiger partial charge in [-0.15, -0.1) is 0 Å². The molecule has 0 saturated heterocycles. The fourth-order valence-corrected chi connectivity index (χ4v) is 1.83. The van der Waals surface area contributed by atoms with Crippen LogP contribution in [0, 0.1) is 0 Å². The third kappa shape index (κ3) is 4.91. The largest absolute Gasteiger partial charge is 0.380 e. The molecule has 0 radical (unpaired) electrons. The fraction of sp³-hybridized carbons (Fsp3) is 0.364. The van der Waals surface area contributed by atoms with Gasteiger partial charge in [-0.05, 0) is 18.2 Å². The summed E-state index contributed by atoms with van der Waals surface area (Å²) in [7, 11) is 1.51. The number of anilines is 1. The number of hydrogen-bond acceptors (Lipinski definition) is 3. The van der Waals surface area contributed by atoms with E-state index in [0.29, 0.717) is 22.3 Å². The summed E-state index contributed by atoms with van der Waals surface area (Å²) < 4.78 is 5.02. The molecule has 3 N–H and O–H groups in total. The van der Waals surface area contributed by atoms with Crippen LogP contribution < -0.4 is 11.1 Å². The summed E-state index contributed by atoms with van der Waals surface area (Å²) in [5, 5.41) is 3.61. The molecule has 0 saturated carbocycles. The summed E-state index contributed by atoms with van der Waals surface area (Å²) >= 11 is 11.6. The second-order valence-electron chi connectivity index (χ2n) is 3.50. The molecule has 0 aliphatic heterocycles. The highest BCUT2D eigenvalue weighted by molar-refractivity contribution is 6.35. The number of carbonyl (C=O) groups excluding carboxylic acids is 1. The lowest BCUT2D eigenvalue weighted by atomic mass is 10.2. The van der Waals surface area contributed by atoms with Gasteiger partial charge < -0.3 is 15.8 Å². The average Bonchev–Trinajstić information content (AvgIpc) is 2.24. The van der Waals surface area contributed by atoms with Gasteiger partial charge in [0.2, 0.25) is 5.91 Å². The molecule has 1 amide bonds. The van der Waals surface area contributed by atoms with Crippen molar-refractivity contribution in [2.75, 3.05) is 19.0 Å². The van der Waals surface area contributed by atoms with E-state index in [9.17, 15) is 4.79 Å². The lowest BCUT2D eigenvalue weighted by Gasteiger charge is -2.12. The van der Waals surface area contributed by atoms with Crippen LogP contribution in [0.1, 0.15) is 6.42 Å². The van der Waals surface area contributed by atoms with Crippen LogP contribution in [0.25, 0.3) is 0 Å². The highest BCUT2D eigenvalue weighted by Gasteiger charge is 2.11. The number of ether oxygens (including phenoxy) is 1. The van der Waals surface area contributed by atoms with Gasteiger partial charge in [0.1, 0.15) is 0 Å². The standard InChI is InChI=1S/C11H14Cl2N2O2/c1-17-10(6-14)5-11(16)15-9-3-7(12)2-8(13)4-9/h2-4,10H,5-6,14H2,1H3,(H,15,16). The first-order valence-corrected chi connectivity index (χ1v) is 5.79. The zero-order chi connectivity index (χ0) is 12.8. The monoisotopic (exact) mass is 276 g/mol. The van der Waals surface area contributed by atoms with Crippen LogP contribution in [-0.4, -0.2) is 25.7 Å². The number of rotatable bonds is 5. The third-order valence-electron chi connectivity index (χ3n) is 2.16. The van der Waals surface area contributed by atoms with Gasteiger partial charge in [0.15, 0.2) is 0 Å². The first kappa shape index (κ1) is 14.3. The molecule has 0 aromatic heterocycles. The number of amides is 1. The number of nitrogens with one attached hydrogen (secondary N) is 1. The van der Waals surface area contributed by atoms with Gasteiger partial charge in [-0.25, -0.2) is 0 Å². The first-order valence-electron chi connectivity index (χ1n) is 5.04. The van der Waals surface area contributed by atoms with E-state index in [-0.39, 0.29) is 18.4 Å². The number of benzene rings is 1. The zero-order valence-corrected chi connectivity index (χ0v) is 10.9. The highest BCUT2D eigenvalue weighted by atomic mass is 35.5. The van der Waals surface area contributed by atoms with Crippen LogP contribution in [-0.2, 0) is 9.53 Å². The molecule has 1 rings (SSSR count). The van der Waals surface area contributed by atoms with Crippen LogP contribution >= 0.6 is 23.2 Å². The molecular formula is C11H14Cl2N2O2. The van der Waals surface area contributed by atoms with Crippen molar-refractivity contribution in [2.24, 2.45) is 5.73 Å². The lowest BCUT2D eigenvalue weighted by molar-refractivity contribution is -0.118. The highest BCUT2D eigenvalue weighted by Crippen LogP contribution is 2.22. The molecule has 0 aliphatic rings. The Morgan fingerprint density at radius 1 is 1.41 bits per heavy atom. The summed E-state index contributed by atoms with van der Waals surface area (Å²) in [5.41, 5.74) is 5.98. The number of methoxy groups -OCH3 is 1. The van der Waals surface area contributed by atoms with Crippen molar-refractivity contribution in [3.63, 3.8) is 0 Å². The summed E-state index contributed by atoms with van der Waals surface area (Å²) in [6.45, 7) is 0.292. The van der Waals surface area contributed by atoms with Crippen molar-refractivity contribution in [2.45, 2.75) is 12.5 Å². The normalized spacial score (nSPS) is 12.2. The van der Waals surface area contributed by atoms with Crippen molar-refractivity contribution < 1.29 is 9.53 Å². The predicted octanol–water partition coefficient (Wildman–Crippen LogP) is 2.30. The van der Waals surface area contributed by atoms with Crippen LogP contribution in [0.4, 0.5) is 5.69 Å². The van der Waals surface area contributed by atoms with Gasteiger partial charge in [-0.1, -0.05) is 23.2 Å². The maximum absolute atomic E-state index is 11.6. The molecule has 94 valence electrons. The van der Waals surface area contributed by atoms with Gasteiger partial charge in [0.05, 0.1) is 12.5 Å². The molecule has 6 heteroatoms. The fourth-order valence-electron chi connectivity index (χ4n) is 1.31. The SMILES string of the molecule is COC(CN)CC(=O)Nc1cc(Cl)cc(Cl)c1. The van der Waals surface area contributed by atoms with Crippen molar-refractivity contribution in [3.05, 3.63) is 28.2 Å². The summed E-state index contributed by atoms with van der Waals surface area (Å²) in [4.78, 5) is 11.6. The minimum Gasteiger partial charge on any atom is -0.380 e. The zero-order valence-electron chi connectivity index (χ0n) is 9.37. The van der Waals surface area contributed by atoms with Crippen molar-refractivity contribution in [1.29, 1.82) is 0 Å². The van der Waals surface area contributed by atoms with E-state index in [1.807, 2.05) is 0 Å². The molecule has 0 heterocycles. The molecule has 0 aliphatic carbocycles. The first-order chi connectivity index (χ1) is 8.05. The van der Waals surface area contributed by atoms with Crippen LogP contribution in [0.2, 0.25) is 10.0 Å². The Labute approximate surface area is 110 Å². The summed E-state index contributed by atoms with van der Waals surface area (Å²) in [6, 6.07) is 4.84. The van der Waals surface area contributed by atoms with E-state index < -0.39 is 0 Å². The van der Waals surface area contributed by atoms with Crippen LogP contribution in [0.15, 0.2) is 18.2 Å². The topological polar surface area (TPSA) is 64.3 Å². The summed E-state index contributed by atoms with van der Waals surface area (Å²) in [5.74, 6) is -0.194. The van der Waals surface area contributed by atoms with E-state index in [1.54, 1.807) is 18.2 Å². The van der Waals surface area contributed by atoms with Crippen molar-refractivity contribution in [3.8, 4) is 0 Å². The molecule has 0 fully saturated rings. The third-order valence-corrected chi connectivity index (χ3v) is 2.59. The van der Waals surface area contributed by atoms with E-state index in [4.69, 9.17) is 33.7 Å². The Morgan fingerprint density at radius 2 is 2.00 bits per heavy atom. The quantitative estimate of drug-likeness (QED) is 0.868. The molecule has 0 bridgehead atoms. The van der Waals surface area contributed by atoms with Gasteiger partial charge in [-0.2, -0.15) is 0 Å². The maximum atomic E-state index is 11.6. The Morgan fingerprint density at radius 3 is 2.47 bits per heavy atom. The van der Waals surface area contributed by atoms with Gasteiger partial charge in [0, 0.05) is 29.4 Å². The second kappa shape index (κ2) is 6.81. The van der Waals surface area contributed by atoms with Gasteiger partial charge >= 0.3 is 0 Å². The molecule has 1 aromatic rings. The molecule has 4 nitrogen and oxygen atoms in total. The number of hydrogen-bond donors (Lipinski definition) is 2. The maximum Gasteiger partial charge on any atom is 0.227 e. The number of carbonyl (C=O) groups is 1. The molecule has 1 unspecified atom stereocenters. The Bertz CT molecular complexity index is 375. The molecule has 17 heavy (non-hydrogen) atoms. The minimum absolute atomic E-state index is 0.192. The molecule has 0 spiro atoms.